The number of alkyl halides is 1. The third-order valence-electron chi connectivity index (χ3n) is 1.77. The molecule has 70 valence electrons. The van der Waals surface area contributed by atoms with Crippen LogP contribution >= 0.6 is 22.6 Å². The summed E-state index contributed by atoms with van der Waals surface area (Å²) in [7, 11) is 0. The molecule has 0 atom stereocenters. The van der Waals surface area contributed by atoms with Crippen LogP contribution in [0.5, 0.6) is 0 Å². The lowest BCUT2D eigenvalue weighted by Gasteiger charge is -2.10. The molecule has 0 unspecified atom stereocenters. The number of rotatable bonds is 2. The summed E-state index contributed by atoms with van der Waals surface area (Å²) in [5, 5.41) is 0. The molecular weight excluding hydrogens is 261 g/mol. The van der Waals surface area contributed by atoms with Gasteiger partial charge in [0.15, 0.2) is 0 Å². The van der Waals surface area contributed by atoms with Gasteiger partial charge in [-0.3, -0.25) is 0 Å². The van der Waals surface area contributed by atoms with E-state index in [4.69, 9.17) is 6.42 Å². The summed E-state index contributed by atoms with van der Waals surface area (Å²) >= 11 is 2.29. The van der Waals surface area contributed by atoms with Crippen molar-refractivity contribution in [1.29, 1.82) is 0 Å². The summed E-state index contributed by atoms with van der Waals surface area (Å²) in [6.45, 7) is 5.75. The molecule has 0 aromatic carbocycles. The van der Waals surface area contributed by atoms with Gasteiger partial charge in [-0.2, -0.15) is 0 Å². The summed E-state index contributed by atoms with van der Waals surface area (Å²) in [5.41, 5.74) is 0. The van der Waals surface area contributed by atoms with Gasteiger partial charge in [-0.25, -0.2) is 0 Å². The monoisotopic (exact) mass is 279 g/mol. The Kier molecular flexibility index (Phi) is 9.53. The highest BCUT2D eigenvalue weighted by Gasteiger charge is 2.08. The standard InChI is InChI=1S/C8H13N.C2H5I/c1-2-3-6-9-7-4-5-8-9;1-2-3/h1H,3-8H2;2H2,1H3. The van der Waals surface area contributed by atoms with Crippen LogP contribution in [-0.4, -0.2) is 29.0 Å². The maximum atomic E-state index is 5.13. The molecule has 1 heterocycles. The van der Waals surface area contributed by atoms with Gasteiger partial charge in [0, 0.05) is 13.0 Å². The van der Waals surface area contributed by atoms with E-state index in [0.29, 0.717) is 0 Å². The highest BCUT2D eigenvalue weighted by Crippen LogP contribution is 2.06. The van der Waals surface area contributed by atoms with Gasteiger partial charge < -0.3 is 4.90 Å². The van der Waals surface area contributed by atoms with E-state index in [1.165, 1.54) is 30.4 Å². The van der Waals surface area contributed by atoms with Crippen LogP contribution in [-0.2, 0) is 0 Å². The molecule has 1 fully saturated rings. The molecule has 12 heavy (non-hydrogen) atoms. The first kappa shape index (κ1) is 12.2. The summed E-state index contributed by atoms with van der Waals surface area (Å²) in [6.07, 6.45) is 8.78. The van der Waals surface area contributed by atoms with E-state index in [1.807, 2.05) is 0 Å². The van der Waals surface area contributed by atoms with E-state index < -0.39 is 0 Å². The van der Waals surface area contributed by atoms with Crippen LogP contribution in [0.4, 0.5) is 0 Å². The Balaban J connectivity index is 0.000000354. The smallest absolute Gasteiger partial charge is 0.0214 e. The van der Waals surface area contributed by atoms with E-state index in [0.717, 1.165) is 13.0 Å². The second kappa shape index (κ2) is 9.34. The summed E-state index contributed by atoms with van der Waals surface area (Å²) in [4.78, 5) is 2.43. The molecular formula is C10H18IN. The molecule has 1 nitrogen and oxygen atoms in total. The molecule has 0 amide bonds. The Morgan fingerprint density at radius 2 is 1.92 bits per heavy atom. The topological polar surface area (TPSA) is 3.24 Å². The highest BCUT2D eigenvalue weighted by molar-refractivity contribution is 14.1. The average Bonchev–Trinajstić information content (AvgIpc) is 2.54. The maximum Gasteiger partial charge on any atom is 0.0214 e. The van der Waals surface area contributed by atoms with Gasteiger partial charge in [-0.1, -0.05) is 29.5 Å². The van der Waals surface area contributed by atoms with Crippen LogP contribution in [0, 0.1) is 12.3 Å². The Morgan fingerprint density at radius 1 is 1.42 bits per heavy atom. The van der Waals surface area contributed by atoms with Crippen molar-refractivity contribution in [2.45, 2.75) is 26.2 Å². The first-order chi connectivity index (χ1) is 5.85. The molecule has 2 heteroatoms. The Bertz CT molecular complexity index is 122. The predicted octanol–water partition coefficient (Wildman–Crippen LogP) is 2.55. The van der Waals surface area contributed by atoms with E-state index in [9.17, 15) is 0 Å². The molecule has 0 saturated carbocycles. The lowest BCUT2D eigenvalue weighted by molar-refractivity contribution is 0.348. The zero-order chi connectivity index (χ0) is 9.23. The summed E-state index contributed by atoms with van der Waals surface area (Å²) in [5.74, 6) is 2.65. The van der Waals surface area contributed by atoms with E-state index >= 15 is 0 Å². The molecule has 0 N–H and O–H groups in total. The third-order valence-corrected chi connectivity index (χ3v) is 1.77. The molecule has 0 aliphatic carbocycles. The molecule has 1 rings (SSSR count). The first-order valence-electron chi connectivity index (χ1n) is 4.57. The number of terminal acetylenes is 1. The van der Waals surface area contributed by atoms with Gasteiger partial charge in [-0.15, -0.1) is 12.3 Å². The van der Waals surface area contributed by atoms with Crippen molar-refractivity contribution < 1.29 is 0 Å². The SMILES string of the molecule is C#CCCN1CCCC1.CCI. The number of nitrogens with zero attached hydrogens (tertiary/aromatic N) is 1. The maximum absolute atomic E-state index is 5.13. The average molecular weight is 279 g/mol. The third kappa shape index (κ3) is 6.93. The molecule has 0 spiro atoms. The second-order valence-corrected chi connectivity index (χ2v) is 4.30. The van der Waals surface area contributed by atoms with E-state index in [2.05, 4.69) is 40.3 Å². The van der Waals surface area contributed by atoms with E-state index in [-0.39, 0.29) is 0 Å². The minimum atomic E-state index is 0.917. The number of halogens is 1. The minimum Gasteiger partial charge on any atom is -0.302 e. The van der Waals surface area contributed by atoms with Gasteiger partial charge in [0.25, 0.3) is 0 Å². The van der Waals surface area contributed by atoms with Gasteiger partial charge in [0.2, 0.25) is 0 Å². The first-order valence-corrected chi connectivity index (χ1v) is 6.09. The Labute approximate surface area is 90.0 Å². The van der Waals surface area contributed by atoms with Crippen LogP contribution in [0.1, 0.15) is 26.2 Å². The van der Waals surface area contributed by atoms with Crippen molar-refractivity contribution in [1.82, 2.24) is 4.90 Å². The van der Waals surface area contributed by atoms with Crippen molar-refractivity contribution >= 4 is 22.6 Å². The van der Waals surface area contributed by atoms with Crippen LogP contribution in [0.25, 0.3) is 0 Å². The van der Waals surface area contributed by atoms with Crippen LogP contribution in [0.2, 0.25) is 0 Å². The van der Waals surface area contributed by atoms with Crippen molar-refractivity contribution in [3.8, 4) is 12.3 Å². The van der Waals surface area contributed by atoms with Crippen molar-refractivity contribution in [3.05, 3.63) is 0 Å². The molecule has 0 aromatic rings. The van der Waals surface area contributed by atoms with Crippen LogP contribution < -0.4 is 0 Å². The zero-order valence-electron chi connectivity index (χ0n) is 7.85. The Hall–Kier alpha value is 0.250. The quantitative estimate of drug-likeness (QED) is 0.426. The Morgan fingerprint density at radius 3 is 2.33 bits per heavy atom. The molecule has 1 saturated heterocycles. The van der Waals surface area contributed by atoms with Gasteiger partial charge in [0.1, 0.15) is 0 Å². The number of hydrogen-bond acceptors (Lipinski definition) is 1. The number of hydrogen-bond donors (Lipinski definition) is 0. The van der Waals surface area contributed by atoms with Gasteiger partial charge in [-0.05, 0) is 30.4 Å². The largest absolute Gasteiger partial charge is 0.302 e. The molecule has 0 bridgehead atoms. The normalized spacial score (nSPS) is 16.4. The predicted molar refractivity (Wildman–Crippen MR) is 63.7 cm³/mol. The van der Waals surface area contributed by atoms with Gasteiger partial charge >= 0.3 is 0 Å². The molecule has 1 aliphatic rings. The van der Waals surface area contributed by atoms with Gasteiger partial charge in [0.05, 0.1) is 0 Å². The summed E-state index contributed by atoms with van der Waals surface area (Å²) < 4.78 is 1.22. The molecule has 0 radical (unpaired) electrons. The van der Waals surface area contributed by atoms with E-state index in [1.54, 1.807) is 0 Å². The molecule has 1 aliphatic heterocycles. The molecule has 0 aromatic heterocycles. The lowest BCUT2D eigenvalue weighted by Crippen LogP contribution is -2.19. The summed E-state index contributed by atoms with van der Waals surface area (Å²) in [6, 6.07) is 0. The fourth-order valence-electron chi connectivity index (χ4n) is 1.23. The fraction of sp³-hybridized carbons (Fsp3) is 0.800. The van der Waals surface area contributed by atoms with Crippen LogP contribution in [0.3, 0.4) is 0 Å². The fourth-order valence-corrected chi connectivity index (χ4v) is 1.23. The van der Waals surface area contributed by atoms with Crippen molar-refractivity contribution in [2.75, 3.05) is 24.1 Å². The van der Waals surface area contributed by atoms with Crippen molar-refractivity contribution in [2.24, 2.45) is 0 Å². The highest BCUT2D eigenvalue weighted by atomic mass is 127. The van der Waals surface area contributed by atoms with Crippen molar-refractivity contribution in [3.63, 3.8) is 0 Å². The van der Waals surface area contributed by atoms with Crippen LogP contribution in [0.15, 0.2) is 0 Å². The minimum absolute atomic E-state index is 0.917. The number of likely N-dealkylation sites (tertiary alicyclic amines) is 1. The zero-order valence-corrected chi connectivity index (χ0v) is 10.0. The second-order valence-electron chi connectivity index (χ2n) is 2.77. The lowest BCUT2D eigenvalue weighted by atomic mass is 10.4.